The van der Waals surface area contributed by atoms with E-state index in [2.05, 4.69) is 15.1 Å². The summed E-state index contributed by atoms with van der Waals surface area (Å²) in [5, 5.41) is 6.86. The number of nitrogens with zero attached hydrogens (tertiary/aromatic N) is 2. The smallest absolute Gasteiger partial charge is 0.170 e. The highest BCUT2D eigenvalue weighted by atomic mass is 16.5. The predicted molar refractivity (Wildman–Crippen MR) is 94.9 cm³/mol. The lowest BCUT2D eigenvalue weighted by atomic mass is 9.89. The lowest BCUT2D eigenvalue weighted by Gasteiger charge is -2.34. The molecular weight excluding hydrogens is 330 g/mol. The number of ketones is 1. The van der Waals surface area contributed by atoms with E-state index in [4.69, 9.17) is 9.15 Å². The molecule has 0 radical (unpaired) electrons. The summed E-state index contributed by atoms with van der Waals surface area (Å²) in [7, 11) is 0. The van der Waals surface area contributed by atoms with Gasteiger partial charge in [0.05, 0.1) is 18.5 Å². The maximum absolute atomic E-state index is 12.5. The number of likely N-dealkylation sites (tertiary alicyclic amines) is 1. The Morgan fingerprint density at radius 1 is 1.19 bits per heavy atom. The molecule has 1 atom stereocenters. The van der Waals surface area contributed by atoms with Crippen LogP contribution in [-0.4, -0.2) is 39.6 Å². The van der Waals surface area contributed by atoms with Crippen molar-refractivity contribution in [1.29, 1.82) is 0 Å². The molecular formula is C20H19N3O3. The molecule has 2 aromatic heterocycles. The van der Waals surface area contributed by atoms with E-state index in [0.717, 1.165) is 36.7 Å². The number of Topliss-reactive ketones (excluding diaryl/α,β-unsaturated/α-hetero) is 1. The van der Waals surface area contributed by atoms with Crippen LogP contribution in [0.4, 0.5) is 0 Å². The summed E-state index contributed by atoms with van der Waals surface area (Å²) < 4.78 is 12.2. The Labute approximate surface area is 150 Å². The number of H-pyrrole nitrogens is 1. The number of aromatic amines is 1. The average molecular weight is 349 g/mol. The fourth-order valence-electron chi connectivity index (χ4n) is 3.95. The molecule has 4 heterocycles. The van der Waals surface area contributed by atoms with E-state index in [0.29, 0.717) is 24.3 Å². The van der Waals surface area contributed by atoms with Crippen molar-refractivity contribution in [2.45, 2.75) is 25.0 Å². The molecule has 132 valence electrons. The first kappa shape index (κ1) is 15.4. The van der Waals surface area contributed by atoms with Crippen molar-refractivity contribution >= 4 is 5.78 Å². The molecule has 5 rings (SSSR count). The Balaban J connectivity index is 1.30. The van der Waals surface area contributed by atoms with Gasteiger partial charge in [-0.15, -0.1) is 0 Å². The molecule has 0 bridgehead atoms. The SMILES string of the molecule is O=C1CC2(CCN(Cc3ccc(-c4ccn[nH]4)o3)C2)Oc2ccccc21. The highest BCUT2D eigenvalue weighted by molar-refractivity contribution is 6.00. The van der Waals surface area contributed by atoms with Crippen molar-refractivity contribution in [3.05, 3.63) is 60.0 Å². The number of hydrogen-bond donors (Lipinski definition) is 1. The number of rotatable bonds is 3. The Bertz CT molecular complexity index is 947. The van der Waals surface area contributed by atoms with E-state index in [9.17, 15) is 4.79 Å². The van der Waals surface area contributed by atoms with Gasteiger partial charge in [0.1, 0.15) is 22.8 Å². The van der Waals surface area contributed by atoms with Crippen molar-refractivity contribution in [3.63, 3.8) is 0 Å². The standard InChI is InChI=1S/C20H19N3O3/c24-17-11-20(26-18-4-2-1-3-15(17)18)8-10-23(13-20)12-14-5-6-19(25-14)16-7-9-21-22-16/h1-7,9H,8,10-13H2,(H,21,22). The predicted octanol–water partition coefficient (Wildman–Crippen LogP) is 3.28. The molecule has 2 aliphatic rings. The number of carbonyl (C=O) groups is 1. The number of furan rings is 1. The Kier molecular flexibility index (Phi) is 3.46. The summed E-state index contributed by atoms with van der Waals surface area (Å²) in [5.41, 5.74) is 1.16. The maximum atomic E-state index is 12.5. The van der Waals surface area contributed by atoms with E-state index in [-0.39, 0.29) is 5.78 Å². The zero-order valence-electron chi connectivity index (χ0n) is 14.3. The highest BCUT2D eigenvalue weighted by Gasteiger charge is 2.45. The monoisotopic (exact) mass is 349 g/mol. The summed E-state index contributed by atoms with van der Waals surface area (Å²) in [6.45, 7) is 2.32. The average Bonchev–Trinajstić information content (AvgIpc) is 3.37. The van der Waals surface area contributed by atoms with Crippen molar-refractivity contribution in [3.8, 4) is 17.2 Å². The number of ether oxygens (including phenoxy) is 1. The van der Waals surface area contributed by atoms with Crippen LogP contribution in [0.15, 0.2) is 53.1 Å². The second kappa shape index (κ2) is 5.85. The zero-order chi connectivity index (χ0) is 17.6. The van der Waals surface area contributed by atoms with Crippen LogP contribution >= 0.6 is 0 Å². The topological polar surface area (TPSA) is 71.4 Å². The summed E-state index contributed by atoms with van der Waals surface area (Å²) >= 11 is 0. The minimum atomic E-state index is -0.412. The summed E-state index contributed by atoms with van der Waals surface area (Å²) in [6, 6.07) is 13.4. The van der Waals surface area contributed by atoms with Crippen LogP contribution in [0.25, 0.3) is 11.5 Å². The molecule has 1 spiro atoms. The molecule has 26 heavy (non-hydrogen) atoms. The van der Waals surface area contributed by atoms with Gasteiger partial charge >= 0.3 is 0 Å². The highest BCUT2D eigenvalue weighted by Crippen LogP contribution is 2.39. The van der Waals surface area contributed by atoms with E-state index in [1.165, 1.54) is 0 Å². The number of benzene rings is 1. The van der Waals surface area contributed by atoms with Gasteiger partial charge < -0.3 is 9.15 Å². The third-order valence-electron chi connectivity index (χ3n) is 5.20. The molecule has 1 aromatic carbocycles. The van der Waals surface area contributed by atoms with Crippen LogP contribution in [0.3, 0.4) is 0 Å². The van der Waals surface area contributed by atoms with Gasteiger partial charge in [-0.25, -0.2) is 0 Å². The van der Waals surface area contributed by atoms with Crippen molar-refractivity contribution in [1.82, 2.24) is 15.1 Å². The Morgan fingerprint density at radius 2 is 2.12 bits per heavy atom. The summed E-state index contributed by atoms with van der Waals surface area (Å²) in [5.74, 6) is 2.57. The molecule has 1 saturated heterocycles. The summed E-state index contributed by atoms with van der Waals surface area (Å²) in [4.78, 5) is 14.8. The van der Waals surface area contributed by atoms with Crippen molar-refractivity contribution < 1.29 is 13.9 Å². The molecule has 1 unspecified atom stereocenters. The minimum absolute atomic E-state index is 0.174. The van der Waals surface area contributed by atoms with Crippen LogP contribution in [0, 0.1) is 0 Å². The van der Waals surface area contributed by atoms with Crippen LogP contribution in [-0.2, 0) is 6.54 Å². The molecule has 1 N–H and O–H groups in total. The van der Waals surface area contributed by atoms with Gasteiger partial charge in [0, 0.05) is 25.7 Å². The fourth-order valence-corrected chi connectivity index (χ4v) is 3.95. The quantitative estimate of drug-likeness (QED) is 0.786. The van der Waals surface area contributed by atoms with Gasteiger partial charge in [-0.1, -0.05) is 12.1 Å². The molecule has 6 nitrogen and oxygen atoms in total. The minimum Gasteiger partial charge on any atom is -0.485 e. The number of nitrogens with one attached hydrogen (secondary N) is 1. The Hall–Kier alpha value is -2.86. The first-order valence-corrected chi connectivity index (χ1v) is 8.83. The van der Waals surface area contributed by atoms with Gasteiger partial charge in [0.15, 0.2) is 11.5 Å². The van der Waals surface area contributed by atoms with E-state index in [1.807, 2.05) is 42.5 Å². The Morgan fingerprint density at radius 3 is 3.00 bits per heavy atom. The number of hydrogen-bond acceptors (Lipinski definition) is 5. The second-order valence-electron chi connectivity index (χ2n) is 7.08. The van der Waals surface area contributed by atoms with E-state index >= 15 is 0 Å². The van der Waals surface area contributed by atoms with Gasteiger partial charge in [-0.05, 0) is 30.3 Å². The molecule has 2 aliphatic heterocycles. The molecule has 6 heteroatoms. The first-order valence-electron chi connectivity index (χ1n) is 8.83. The number of fused-ring (bicyclic) bond motifs is 1. The van der Waals surface area contributed by atoms with E-state index < -0.39 is 5.60 Å². The first-order chi connectivity index (χ1) is 12.7. The number of aromatic nitrogens is 2. The van der Waals surface area contributed by atoms with Gasteiger partial charge in [-0.3, -0.25) is 14.8 Å². The third kappa shape index (κ3) is 2.63. The van der Waals surface area contributed by atoms with Gasteiger partial charge in [0.2, 0.25) is 0 Å². The molecule has 1 fully saturated rings. The largest absolute Gasteiger partial charge is 0.485 e. The summed E-state index contributed by atoms with van der Waals surface area (Å²) in [6.07, 6.45) is 3.00. The van der Waals surface area contributed by atoms with Crippen molar-refractivity contribution in [2.75, 3.05) is 13.1 Å². The van der Waals surface area contributed by atoms with Crippen LogP contribution in [0.2, 0.25) is 0 Å². The zero-order valence-corrected chi connectivity index (χ0v) is 14.3. The number of carbonyl (C=O) groups excluding carboxylic acids is 1. The van der Waals surface area contributed by atoms with Crippen molar-refractivity contribution in [2.24, 2.45) is 0 Å². The molecule has 0 saturated carbocycles. The van der Waals surface area contributed by atoms with Crippen LogP contribution in [0.1, 0.15) is 29.0 Å². The van der Waals surface area contributed by atoms with Crippen LogP contribution in [0.5, 0.6) is 5.75 Å². The number of para-hydroxylation sites is 1. The normalized spacial score (nSPS) is 22.5. The fraction of sp³-hybridized carbons (Fsp3) is 0.300. The molecule has 3 aromatic rings. The maximum Gasteiger partial charge on any atom is 0.170 e. The van der Waals surface area contributed by atoms with Crippen LogP contribution < -0.4 is 4.74 Å². The van der Waals surface area contributed by atoms with Gasteiger partial charge in [0.25, 0.3) is 0 Å². The molecule has 0 aliphatic carbocycles. The lowest BCUT2D eigenvalue weighted by Crippen LogP contribution is -2.44. The lowest BCUT2D eigenvalue weighted by molar-refractivity contribution is 0.0451. The second-order valence-corrected chi connectivity index (χ2v) is 7.08. The van der Waals surface area contributed by atoms with E-state index in [1.54, 1.807) is 6.20 Å². The molecule has 0 amide bonds. The van der Waals surface area contributed by atoms with Gasteiger partial charge in [-0.2, -0.15) is 5.10 Å². The third-order valence-corrected chi connectivity index (χ3v) is 5.20.